The smallest absolute Gasteiger partial charge is 0.146 e. The van der Waals surface area contributed by atoms with E-state index in [1.165, 1.54) is 0 Å². The van der Waals surface area contributed by atoms with Crippen molar-refractivity contribution in [1.29, 1.82) is 0 Å². The first kappa shape index (κ1) is 9.50. The molecule has 0 aromatic heterocycles. The largest absolute Gasteiger partial charge is 0.420 e. The average molecular weight is 185 g/mol. The predicted molar refractivity (Wildman–Crippen MR) is 45.4 cm³/mol. The molecule has 0 aliphatic rings. The summed E-state index contributed by atoms with van der Waals surface area (Å²) in [6, 6.07) is 0. The van der Waals surface area contributed by atoms with E-state index in [0.29, 0.717) is 16.4 Å². The van der Waals surface area contributed by atoms with Gasteiger partial charge in [0.1, 0.15) is 10.5 Å². The number of hydrogen-bond acceptors (Lipinski definition) is 1. The normalized spacial score (nSPS) is 17.1. The van der Waals surface area contributed by atoms with E-state index >= 15 is 0 Å². The van der Waals surface area contributed by atoms with Crippen LogP contribution in [0.25, 0.3) is 0 Å². The summed E-state index contributed by atoms with van der Waals surface area (Å²) in [5.74, 6) is 0.403. The van der Waals surface area contributed by atoms with Gasteiger partial charge in [-0.2, -0.15) is 0 Å². The van der Waals surface area contributed by atoms with E-state index in [0.717, 1.165) is 0 Å². The minimum absolute atomic E-state index is 0.0733. The fourth-order valence-corrected chi connectivity index (χ4v) is 1.55. The number of halogens is 2. The highest BCUT2D eigenvalue weighted by Gasteiger charge is 2.12. The second-order valence-corrected chi connectivity index (χ2v) is 2.95. The van der Waals surface area contributed by atoms with Gasteiger partial charge >= 0.3 is 0 Å². The molecule has 0 N–H and O–H groups in total. The third-order valence-electron chi connectivity index (χ3n) is 1.01. The van der Waals surface area contributed by atoms with Gasteiger partial charge in [-0.15, -0.1) is 29.8 Å². The summed E-state index contributed by atoms with van der Waals surface area (Å²) in [7, 11) is 0.670. The fourth-order valence-electron chi connectivity index (χ4n) is 0.479. The van der Waals surface area contributed by atoms with E-state index in [4.69, 9.17) is 27.6 Å². The zero-order chi connectivity index (χ0) is 7.28. The van der Waals surface area contributed by atoms with Gasteiger partial charge in [0.25, 0.3) is 0 Å². The van der Waals surface area contributed by atoms with Crippen LogP contribution in [0.2, 0.25) is 0 Å². The average Bonchev–Trinajstić information content (AvgIpc) is 1.90. The van der Waals surface area contributed by atoms with Crippen molar-refractivity contribution in [2.45, 2.75) is 11.5 Å². The maximum absolute atomic E-state index is 5.73. The van der Waals surface area contributed by atoms with Crippen molar-refractivity contribution in [1.82, 2.24) is 0 Å². The van der Waals surface area contributed by atoms with Crippen LogP contribution in [0.1, 0.15) is 0 Å². The maximum atomic E-state index is 5.73. The van der Waals surface area contributed by atoms with Gasteiger partial charge in [-0.05, 0) is 0 Å². The van der Waals surface area contributed by atoms with Crippen molar-refractivity contribution in [2.24, 2.45) is 0 Å². The van der Waals surface area contributed by atoms with Crippen molar-refractivity contribution < 1.29 is 4.43 Å². The molecule has 2 atom stereocenters. The molecular formula is C5H10Cl2OSi. The van der Waals surface area contributed by atoms with Gasteiger partial charge in [-0.25, -0.2) is 0 Å². The number of rotatable bonds is 4. The zero-order valence-electron chi connectivity index (χ0n) is 5.31. The number of alkyl halides is 2. The second-order valence-electron chi connectivity index (χ2n) is 1.61. The van der Waals surface area contributed by atoms with Crippen LogP contribution in [0.5, 0.6) is 0 Å². The lowest BCUT2D eigenvalue weighted by molar-refractivity contribution is 0.274. The van der Waals surface area contributed by atoms with Crippen molar-refractivity contribution in [2.75, 3.05) is 5.88 Å². The fraction of sp³-hybridized carbons (Fsp3) is 0.600. The highest BCUT2D eigenvalue weighted by atomic mass is 35.5. The maximum Gasteiger partial charge on any atom is 0.146 e. The SMILES string of the molecule is C=CC(O[SiH3])C(Cl)CCl. The minimum atomic E-state index is -0.137. The summed E-state index contributed by atoms with van der Waals surface area (Å²) >= 11 is 11.2. The molecule has 0 bridgehead atoms. The highest BCUT2D eigenvalue weighted by molar-refractivity contribution is 6.28. The summed E-state index contributed by atoms with van der Waals surface area (Å²) < 4.78 is 5.06. The third kappa shape index (κ3) is 3.25. The van der Waals surface area contributed by atoms with E-state index in [1.807, 2.05) is 0 Å². The first-order valence-corrected chi connectivity index (χ1v) is 4.40. The van der Waals surface area contributed by atoms with Crippen LogP contribution < -0.4 is 0 Å². The molecule has 0 fully saturated rings. The van der Waals surface area contributed by atoms with Crippen molar-refractivity contribution in [3.8, 4) is 0 Å². The molecule has 1 nitrogen and oxygen atoms in total. The van der Waals surface area contributed by atoms with Gasteiger partial charge in [-0.3, -0.25) is 0 Å². The summed E-state index contributed by atoms with van der Waals surface area (Å²) in [5, 5.41) is -0.137. The summed E-state index contributed by atoms with van der Waals surface area (Å²) in [6.07, 6.45) is 1.60. The van der Waals surface area contributed by atoms with E-state index < -0.39 is 0 Å². The molecule has 0 amide bonds. The zero-order valence-corrected chi connectivity index (χ0v) is 8.82. The molecule has 0 aliphatic carbocycles. The van der Waals surface area contributed by atoms with Gasteiger partial charge in [-0.1, -0.05) is 6.08 Å². The van der Waals surface area contributed by atoms with E-state index in [2.05, 4.69) is 6.58 Å². The molecule has 0 aliphatic heterocycles. The van der Waals surface area contributed by atoms with Crippen LogP contribution in [0.4, 0.5) is 0 Å². The van der Waals surface area contributed by atoms with Gasteiger partial charge in [0.2, 0.25) is 0 Å². The first-order valence-electron chi connectivity index (χ1n) is 2.61. The topological polar surface area (TPSA) is 9.23 Å². The first-order chi connectivity index (χ1) is 4.26. The minimum Gasteiger partial charge on any atom is -0.420 e. The summed E-state index contributed by atoms with van der Waals surface area (Å²) in [5.41, 5.74) is 0. The summed E-state index contributed by atoms with van der Waals surface area (Å²) in [4.78, 5) is 0. The molecule has 0 radical (unpaired) electrons. The van der Waals surface area contributed by atoms with Crippen LogP contribution in [-0.2, 0) is 4.43 Å². The molecule has 0 saturated carbocycles. The molecule has 0 heterocycles. The van der Waals surface area contributed by atoms with Gasteiger partial charge in [0, 0.05) is 5.88 Å². The van der Waals surface area contributed by atoms with Crippen LogP contribution in [-0.4, -0.2) is 27.8 Å². The van der Waals surface area contributed by atoms with Crippen LogP contribution in [0, 0.1) is 0 Å². The van der Waals surface area contributed by atoms with Crippen LogP contribution in [0.15, 0.2) is 12.7 Å². The lowest BCUT2D eigenvalue weighted by Crippen LogP contribution is -2.22. The third-order valence-corrected chi connectivity index (χ3v) is 2.45. The predicted octanol–water partition coefficient (Wildman–Crippen LogP) is 0.684. The van der Waals surface area contributed by atoms with Crippen molar-refractivity contribution >= 4 is 33.7 Å². The molecular weight excluding hydrogens is 175 g/mol. The lowest BCUT2D eigenvalue weighted by Gasteiger charge is -2.14. The molecule has 9 heavy (non-hydrogen) atoms. The van der Waals surface area contributed by atoms with Crippen LogP contribution >= 0.6 is 23.2 Å². The van der Waals surface area contributed by atoms with Crippen LogP contribution in [0.3, 0.4) is 0 Å². The Morgan fingerprint density at radius 2 is 2.33 bits per heavy atom. The molecule has 54 valence electrons. The highest BCUT2D eigenvalue weighted by Crippen LogP contribution is 2.08. The van der Waals surface area contributed by atoms with Crippen molar-refractivity contribution in [3.05, 3.63) is 12.7 Å². The van der Waals surface area contributed by atoms with Gasteiger partial charge in [0.15, 0.2) is 0 Å². The Hall–Kier alpha value is 0.497. The standard InChI is InChI=1S/C5H10Cl2OSi/c1-2-5(8-9)4(7)3-6/h2,4-5H,1,3H2,9H3. The monoisotopic (exact) mass is 184 g/mol. The van der Waals surface area contributed by atoms with E-state index in [-0.39, 0.29) is 11.5 Å². The van der Waals surface area contributed by atoms with E-state index in [1.54, 1.807) is 6.08 Å². The molecule has 0 aromatic rings. The molecule has 0 rings (SSSR count). The Kier molecular flexibility index (Phi) is 5.59. The lowest BCUT2D eigenvalue weighted by atomic mass is 10.3. The summed E-state index contributed by atoms with van der Waals surface area (Å²) in [6.45, 7) is 3.56. The van der Waals surface area contributed by atoms with Gasteiger partial charge < -0.3 is 4.43 Å². The molecule has 2 unspecified atom stereocenters. The second kappa shape index (κ2) is 5.29. The number of hydrogen-bond donors (Lipinski definition) is 0. The van der Waals surface area contributed by atoms with Crippen molar-refractivity contribution in [3.63, 3.8) is 0 Å². The quantitative estimate of drug-likeness (QED) is 0.355. The molecule has 0 spiro atoms. The molecule has 4 heteroatoms. The Bertz CT molecular complexity index is 89.0. The molecule has 0 saturated heterocycles. The Labute approximate surface area is 68.5 Å². The Morgan fingerprint density at radius 3 is 2.44 bits per heavy atom. The van der Waals surface area contributed by atoms with E-state index in [9.17, 15) is 0 Å². The van der Waals surface area contributed by atoms with Gasteiger partial charge in [0.05, 0.1) is 11.5 Å². The Morgan fingerprint density at radius 1 is 1.78 bits per heavy atom. The Balaban J connectivity index is 3.63. The molecule has 0 aromatic carbocycles.